The fourth-order valence-corrected chi connectivity index (χ4v) is 2.91. The highest BCUT2D eigenvalue weighted by molar-refractivity contribution is 5.81. The predicted octanol–water partition coefficient (Wildman–Crippen LogP) is 4.23. The van der Waals surface area contributed by atoms with E-state index >= 15 is 0 Å². The zero-order chi connectivity index (χ0) is 15.1. The Morgan fingerprint density at radius 1 is 1.00 bits per heavy atom. The van der Waals surface area contributed by atoms with Crippen LogP contribution in [0.5, 0.6) is 0 Å². The highest BCUT2D eigenvalue weighted by Gasteiger charge is 2.07. The third-order valence-corrected chi connectivity index (χ3v) is 3.90. The molecule has 0 bridgehead atoms. The second-order valence-corrected chi connectivity index (χ2v) is 5.53. The Labute approximate surface area is 129 Å². The number of aromatic nitrogens is 3. The topological polar surface area (TPSA) is 22.8 Å². The predicted molar refractivity (Wildman–Crippen MR) is 88.7 cm³/mol. The average molecular weight is 286 g/mol. The molecule has 0 aliphatic rings. The molecule has 3 nitrogen and oxygen atoms in total. The van der Waals surface area contributed by atoms with Crippen LogP contribution in [-0.4, -0.2) is 14.3 Å². The van der Waals surface area contributed by atoms with Crippen molar-refractivity contribution in [1.29, 1.82) is 0 Å². The van der Waals surface area contributed by atoms with E-state index in [9.17, 15) is 0 Å². The molecule has 0 atom stereocenters. The van der Waals surface area contributed by atoms with Crippen LogP contribution in [-0.2, 0) is 0 Å². The van der Waals surface area contributed by atoms with E-state index < -0.39 is 0 Å². The van der Waals surface area contributed by atoms with Crippen molar-refractivity contribution in [2.45, 2.75) is 13.8 Å². The van der Waals surface area contributed by atoms with Crippen LogP contribution >= 0.6 is 0 Å². The van der Waals surface area contributed by atoms with Crippen molar-refractivity contribution in [3.8, 4) is 11.4 Å². The molecule has 4 rings (SSSR count). The van der Waals surface area contributed by atoms with Crippen molar-refractivity contribution in [3.63, 3.8) is 0 Å². The molecule has 0 amide bonds. The van der Waals surface area contributed by atoms with E-state index in [1.54, 1.807) is 0 Å². The summed E-state index contributed by atoms with van der Waals surface area (Å²) in [6.45, 7) is 4.09. The summed E-state index contributed by atoms with van der Waals surface area (Å²) >= 11 is 0. The minimum atomic E-state index is 1.03. The number of benzene rings is 2. The van der Waals surface area contributed by atoms with Crippen LogP contribution in [0.1, 0.15) is 11.4 Å². The molecule has 0 aliphatic heterocycles. The van der Waals surface area contributed by atoms with Crippen molar-refractivity contribution < 1.29 is 0 Å². The largest absolute Gasteiger partial charge is 0.316 e. The summed E-state index contributed by atoms with van der Waals surface area (Å²) in [6.07, 6.45) is 2.10. The third-order valence-electron chi connectivity index (χ3n) is 3.90. The maximum absolute atomic E-state index is 4.57. The lowest BCUT2D eigenvalue weighted by atomic mass is 10.2. The minimum Gasteiger partial charge on any atom is -0.316 e. The Bertz CT molecular complexity index is 960. The first-order chi connectivity index (χ1) is 10.7. The summed E-state index contributed by atoms with van der Waals surface area (Å²) in [5.74, 6) is 0. The molecule has 0 N–H and O–H groups in total. The summed E-state index contributed by atoms with van der Waals surface area (Å²) in [6, 6.07) is 21.8. The van der Waals surface area contributed by atoms with Gasteiger partial charge in [0.05, 0.1) is 16.9 Å². The van der Waals surface area contributed by atoms with Gasteiger partial charge >= 0.3 is 0 Å². The van der Waals surface area contributed by atoms with Crippen molar-refractivity contribution in [2.75, 3.05) is 0 Å². The summed E-state index contributed by atoms with van der Waals surface area (Å²) in [4.78, 5) is 0. The Hall–Kier alpha value is -2.81. The zero-order valence-corrected chi connectivity index (χ0v) is 12.6. The van der Waals surface area contributed by atoms with Gasteiger partial charge < -0.3 is 4.57 Å². The third kappa shape index (κ3) is 2.02. The second kappa shape index (κ2) is 4.88. The SMILES string of the molecule is Cc1cc(C)n(-c2cccc(-n3ccc4c[c]ccc43)c2)n1. The molecule has 107 valence electrons. The summed E-state index contributed by atoms with van der Waals surface area (Å²) in [7, 11) is 0. The zero-order valence-electron chi connectivity index (χ0n) is 12.6. The van der Waals surface area contributed by atoms with E-state index in [4.69, 9.17) is 0 Å². The highest BCUT2D eigenvalue weighted by Crippen LogP contribution is 2.22. The van der Waals surface area contributed by atoms with Gasteiger partial charge in [0.25, 0.3) is 0 Å². The quantitative estimate of drug-likeness (QED) is 0.540. The lowest BCUT2D eigenvalue weighted by Crippen LogP contribution is -2.00. The maximum Gasteiger partial charge on any atom is 0.0669 e. The highest BCUT2D eigenvalue weighted by atomic mass is 15.3. The van der Waals surface area contributed by atoms with Gasteiger partial charge in [0.1, 0.15) is 0 Å². The van der Waals surface area contributed by atoms with Gasteiger partial charge in [-0.3, -0.25) is 0 Å². The van der Waals surface area contributed by atoms with E-state index in [0.29, 0.717) is 0 Å². The molecule has 0 saturated heterocycles. The van der Waals surface area contributed by atoms with E-state index in [2.05, 4.69) is 71.3 Å². The van der Waals surface area contributed by atoms with Crippen molar-refractivity contribution in [3.05, 3.63) is 78.2 Å². The fourth-order valence-electron chi connectivity index (χ4n) is 2.91. The molecule has 2 aromatic heterocycles. The van der Waals surface area contributed by atoms with Crippen LogP contribution in [0.4, 0.5) is 0 Å². The number of hydrogen-bond donors (Lipinski definition) is 0. The molecule has 0 unspecified atom stereocenters. The van der Waals surface area contributed by atoms with Crippen LogP contribution in [0.3, 0.4) is 0 Å². The molecule has 2 aromatic carbocycles. The Morgan fingerprint density at radius 2 is 1.86 bits per heavy atom. The number of fused-ring (bicyclic) bond motifs is 1. The monoisotopic (exact) mass is 286 g/mol. The van der Waals surface area contributed by atoms with E-state index in [-0.39, 0.29) is 0 Å². The Morgan fingerprint density at radius 3 is 2.68 bits per heavy atom. The van der Waals surface area contributed by atoms with Crippen LogP contribution in [0.2, 0.25) is 0 Å². The van der Waals surface area contributed by atoms with Gasteiger partial charge in [-0.2, -0.15) is 5.10 Å². The molecule has 0 fully saturated rings. The maximum atomic E-state index is 4.57. The minimum absolute atomic E-state index is 1.03. The smallest absolute Gasteiger partial charge is 0.0669 e. The van der Waals surface area contributed by atoms with Gasteiger partial charge in [-0.25, -0.2) is 4.68 Å². The van der Waals surface area contributed by atoms with Gasteiger partial charge in [-0.15, -0.1) is 0 Å². The molecule has 0 spiro atoms. The first-order valence-electron chi connectivity index (χ1n) is 7.33. The van der Waals surface area contributed by atoms with Crippen molar-refractivity contribution in [2.24, 2.45) is 0 Å². The summed E-state index contributed by atoms with van der Waals surface area (Å²) < 4.78 is 4.18. The van der Waals surface area contributed by atoms with Crippen molar-refractivity contribution >= 4 is 10.9 Å². The van der Waals surface area contributed by atoms with Gasteiger partial charge in [-0.1, -0.05) is 12.1 Å². The molecule has 4 aromatic rings. The van der Waals surface area contributed by atoms with Gasteiger partial charge in [0.2, 0.25) is 0 Å². The Kier molecular flexibility index (Phi) is 2.86. The van der Waals surface area contributed by atoms with E-state index in [1.807, 2.05) is 23.7 Å². The molecule has 1 radical (unpaired) electrons. The molecule has 0 saturated carbocycles. The van der Waals surface area contributed by atoms with Crippen LogP contribution < -0.4 is 0 Å². The van der Waals surface area contributed by atoms with Crippen LogP contribution in [0.25, 0.3) is 22.3 Å². The summed E-state index contributed by atoms with van der Waals surface area (Å²) in [5.41, 5.74) is 5.56. The first kappa shape index (κ1) is 12.9. The first-order valence-corrected chi connectivity index (χ1v) is 7.33. The van der Waals surface area contributed by atoms with Gasteiger partial charge in [0.15, 0.2) is 0 Å². The normalized spacial score (nSPS) is 11.2. The van der Waals surface area contributed by atoms with Crippen LogP contribution in [0.15, 0.2) is 60.8 Å². The molecular weight excluding hydrogens is 270 g/mol. The average Bonchev–Trinajstić information content (AvgIpc) is 3.10. The van der Waals surface area contributed by atoms with Gasteiger partial charge in [0, 0.05) is 23.0 Å². The standard InChI is InChI=1S/C19H16N3/c1-14-12-15(2)22(20-14)18-8-5-7-17(13-18)21-11-10-16-6-3-4-9-19(16)21/h4-13H,1-2H3. The van der Waals surface area contributed by atoms with Gasteiger partial charge in [-0.05, 0) is 62.4 Å². The fraction of sp³-hybridized carbons (Fsp3) is 0.105. The Balaban J connectivity index is 1.87. The molecule has 3 heteroatoms. The lowest BCUT2D eigenvalue weighted by Gasteiger charge is -2.09. The van der Waals surface area contributed by atoms with Crippen molar-refractivity contribution in [1.82, 2.24) is 14.3 Å². The van der Waals surface area contributed by atoms with Crippen LogP contribution in [0, 0.1) is 19.9 Å². The van der Waals surface area contributed by atoms with E-state index in [0.717, 1.165) is 22.8 Å². The molecular formula is C19H16N3. The number of aryl methyl sites for hydroxylation is 2. The second-order valence-electron chi connectivity index (χ2n) is 5.53. The van der Waals surface area contributed by atoms with E-state index in [1.165, 1.54) is 10.9 Å². The number of hydrogen-bond acceptors (Lipinski definition) is 1. The molecule has 2 heterocycles. The lowest BCUT2D eigenvalue weighted by molar-refractivity contribution is 0.832. The number of rotatable bonds is 2. The molecule has 0 aliphatic carbocycles. The number of nitrogens with zero attached hydrogens (tertiary/aromatic N) is 3. The molecule has 22 heavy (non-hydrogen) atoms. The summed E-state index contributed by atoms with van der Waals surface area (Å²) in [5, 5.41) is 5.76.